The molecule has 0 radical (unpaired) electrons. The summed E-state index contributed by atoms with van der Waals surface area (Å²) >= 11 is 6.07. The second-order valence-electron chi connectivity index (χ2n) is 5.24. The second-order valence-corrected chi connectivity index (χ2v) is 5.60. The Labute approximate surface area is 126 Å². The summed E-state index contributed by atoms with van der Waals surface area (Å²) in [5.41, 5.74) is 6.36. The van der Waals surface area contributed by atoms with Crippen LogP contribution in [0.5, 0.6) is 0 Å². The van der Waals surface area contributed by atoms with Crippen molar-refractivity contribution < 1.29 is 0 Å². The summed E-state index contributed by atoms with van der Waals surface area (Å²) in [6, 6.07) is 0. The summed E-state index contributed by atoms with van der Waals surface area (Å²) in [5, 5.41) is 3.60. The van der Waals surface area contributed by atoms with Crippen molar-refractivity contribution in [1.82, 2.24) is 14.9 Å². The highest BCUT2D eigenvalue weighted by molar-refractivity contribution is 6.32. The summed E-state index contributed by atoms with van der Waals surface area (Å²) in [7, 11) is 0. The summed E-state index contributed by atoms with van der Waals surface area (Å²) in [6.45, 7) is 12.4. The van der Waals surface area contributed by atoms with Gasteiger partial charge in [0.1, 0.15) is 11.5 Å². The molecule has 0 saturated carbocycles. The number of nitrogen functional groups attached to an aromatic ring is 1. The summed E-state index contributed by atoms with van der Waals surface area (Å²) in [5.74, 6) is 1.87. The molecule has 0 atom stereocenters. The number of nitrogens with two attached hydrogens (primary N) is 1. The van der Waals surface area contributed by atoms with Gasteiger partial charge in [-0.2, -0.15) is 0 Å². The van der Waals surface area contributed by atoms with Crippen molar-refractivity contribution in [3.8, 4) is 0 Å². The van der Waals surface area contributed by atoms with E-state index in [1.165, 1.54) is 0 Å². The summed E-state index contributed by atoms with van der Waals surface area (Å²) < 4.78 is 0. The van der Waals surface area contributed by atoms with E-state index in [-0.39, 0.29) is 0 Å². The summed E-state index contributed by atoms with van der Waals surface area (Å²) in [4.78, 5) is 11.0. The molecule has 1 rings (SSSR count). The SMILES string of the molecule is CCN(CC)CCNc1nc(CC(C)C)nc(Cl)c1N. The minimum absolute atomic E-state index is 0.334. The van der Waals surface area contributed by atoms with Crippen molar-refractivity contribution in [2.75, 3.05) is 37.2 Å². The van der Waals surface area contributed by atoms with Crippen LogP contribution >= 0.6 is 11.6 Å². The third kappa shape index (κ3) is 5.13. The van der Waals surface area contributed by atoms with Gasteiger partial charge >= 0.3 is 0 Å². The number of hydrogen-bond donors (Lipinski definition) is 2. The fraction of sp³-hybridized carbons (Fsp3) is 0.714. The van der Waals surface area contributed by atoms with Crippen LogP contribution in [0.4, 0.5) is 11.5 Å². The van der Waals surface area contributed by atoms with Gasteiger partial charge in [0.2, 0.25) is 0 Å². The molecule has 0 unspecified atom stereocenters. The number of rotatable bonds is 8. The Morgan fingerprint density at radius 1 is 1.25 bits per heavy atom. The van der Waals surface area contributed by atoms with Crippen molar-refractivity contribution in [3.63, 3.8) is 0 Å². The Bertz CT molecular complexity index is 418. The van der Waals surface area contributed by atoms with E-state index in [0.29, 0.717) is 22.6 Å². The molecular formula is C14H26ClN5. The van der Waals surface area contributed by atoms with Crippen molar-refractivity contribution in [1.29, 1.82) is 0 Å². The molecule has 0 bridgehead atoms. The van der Waals surface area contributed by atoms with Gasteiger partial charge in [0.15, 0.2) is 11.0 Å². The van der Waals surface area contributed by atoms with Gasteiger partial charge in [-0.3, -0.25) is 0 Å². The molecule has 114 valence electrons. The first-order chi connectivity index (χ1) is 9.47. The van der Waals surface area contributed by atoms with Gasteiger partial charge in [0.25, 0.3) is 0 Å². The lowest BCUT2D eigenvalue weighted by atomic mass is 10.1. The predicted octanol–water partition coefficient (Wildman–Crippen LogP) is 2.66. The topological polar surface area (TPSA) is 67.1 Å². The van der Waals surface area contributed by atoms with Gasteiger partial charge in [0.05, 0.1) is 0 Å². The number of aromatic nitrogens is 2. The highest BCUT2D eigenvalue weighted by Crippen LogP contribution is 2.24. The van der Waals surface area contributed by atoms with Crippen molar-refractivity contribution >= 4 is 23.1 Å². The Morgan fingerprint density at radius 3 is 2.45 bits per heavy atom. The van der Waals surface area contributed by atoms with Crippen LogP contribution in [0.25, 0.3) is 0 Å². The zero-order chi connectivity index (χ0) is 15.1. The van der Waals surface area contributed by atoms with E-state index in [1.807, 2.05) is 0 Å². The van der Waals surface area contributed by atoms with Crippen molar-refractivity contribution in [3.05, 3.63) is 11.0 Å². The maximum atomic E-state index is 6.07. The van der Waals surface area contributed by atoms with E-state index in [2.05, 4.69) is 47.9 Å². The number of halogens is 1. The number of anilines is 2. The van der Waals surface area contributed by atoms with Crippen LogP contribution in [-0.4, -0.2) is 41.0 Å². The summed E-state index contributed by atoms with van der Waals surface area (Å²) in [6.07, 6.45) is 0.796. The van der Waals surface area contributed by atoms with E-state index >= 15 is 0 Å². The molecule has 0 aliphatic carbocycles. The Hall–Kier alpha value is -1.07. The smallest absolute Gasteiger partial charge is 0.157 e. The molecule has 20 heavy (non-hydrogen) atoms. The van der Waals surface area contributed by atoms with Crippen molar-refractivity contribution in [2.45, 2.75) is 34.1 Å². The Kier molecular flexibility index (Phi) is 7.02. The van der Waals surface area contributed by atoms with Gasteiger partial charge in [-0.1, -0.05) is 39.3 Å². The van der Waals surface area contributed by atoms with Crippen LogP contribution in [-0.2, 0) is 6.42 Å². The standard InChI is InChI=1S/C14H26ClN5/c1-5-20(6-2)8-7-17-14-12(16)13(15)18-11(19-14)9-10(3)4/h10H,5-9,16H2,1-4H3,(H,17,18,19). The highest BCUT2D eigenvalue weighted by Gasteiger charge is 2.11. The number of nitrogens with one attached hydrogen (secondary N) is 1. The quantitative estimate of drug-likeness (QED) is 0.722. The molecule has 0 saturated heterocycles. The van der Waals surface area contributed by atoms with Gasteiger partial charge in [-0.05, 0) is 19.0 Å². The lowest BCUT2D eigenvalue weighted by molar-refractivity contribution is 0.316. The number of nitrogens with zero attached hydrogens (tertiary/aromatic N) is 3. The number of hydrogen-bond acceptors (Lipinski definition) is 5. The molecule has 0 aromatic carbocycles. The molecule has 0 spiro atoms. The number of likely N-dealkylation sites (N-methyl/N-ethyl adjacent to an activating group) is 1. The van der Waals surface area contributed by atoms with Gasteiger partial charge in [0, 0.05) is 19.5 Å². The Morgan fingerprint density at radius 2 is 1.90 bits per heavy atom. The maximum Gasteiger partial charge on any atom is 0.157 e. The predicted molar refractivity (Wildman–Crippen MR) is 86.3 cm³/mol. The zero-order valence-corrected chi connectivity index (χ0v) is 13.7. The van der Waals surface area contributed by atoms with E-state index in [4.69, 9.17) is 17.3 Å². The molecule has 0 amide bonds. The molecule has 3 N–H and O–H groups in total. The molecule has 5 nitrogen and oxygen atoms in total. The monoisotopic (exact) mass is 299 g/mol. The van der Waals surface area contributed by atoms with E-state index in [0.717, 1.165) is 38.4 Å². The normalized spacial score (nSPS) is 11.3. The maximum absolute atomic E-state index is 6.07. The van der Waals surface area contributed by atoms with Gasteiger partial charge < -0.3 is 16.0 Å². The third-order valence-corrected chi connectivity index (χ3v) is 3.44. The Balaban J connectivity index is 2.70. The van der Waals surface area contributed by atoms with Crippen LogP contribution in [0.3, 0.4) is 0 Å². The van der Waals surface area contributed by atoms with Gasteiger partial charge in [-0.25, -0.2) is 9.97 Å². The average Bonchev–Trinajstić information content (AvgIpc) is 2.39. The van der Waals surface area contributed by atoms with Crippen LogP contribution < -0.4 is 11.1 Å². The van der Waals surface area contributed by atoms with Crippen LogP contribution in [0, 0.1) is 5.92 Å². The fourth-order valence-electron chi connectivity index (χ4n) is 1.95. The third-order valence-electron chi connectivity index (χ3n) is 3.15. The highest BCUT2D eigenvalue weighted by atomic mass is 35.5. The molecule has 6 heteroatoms. The molecule has 0 aliphatic heterocycles. The zero-order valence-electron chi connectivity index (χ0n) is 12.9. The van der Waals surface area contributed by atoms with E-state index < -0.39 is 0 Å². The first kappa shape index (κ1) is 17.0. The first-order valence-electron chi connectivity index (χ1n) is 7.26. The molecule has 0 aliphatic rings. The fourth-order valence-corrected chi connectivity index (χ4v) is 2.14. The van der Waals surface area contributed by atoms with Crippen molar-refractivity contribution in [2.24, 2.45) is 5.92 Å². The first-order valence-corrected chi connectivity index (χ1v) is 7.63. The molecule has 1 aromatic rings. The second kappa shape index (κ2) is 8.27. The average molecular weight is 300 g/mol. The van der Waals surface area contributed by atoms with Crippen LogP contribution in [0.2, 0.25) is 5.15 Å². The van der Waals surface area contributed by atoms with Crippen LogP contribution in [0.15, 0.2) is 0 Å². The van der Waals surface area contributed by atoms with Gasteiger partial charge in [-0.15, -0.1) is 0 Å². The van der Waals surface area contributed by atoms with E-state index in [9.17, 15) is 0 Å². The lowest BCUT2D eigenvalue weighted by Gasteiger charge is -2.19. The molecule has 0 fully saturated rings. The molecular weight excluding hydrogens is 274 g/mol. The lowest BCUT2D eigenvalue weighted by Crippen LogP contribution is -2.29. The molecule has 1 heterocycles. The largest absolute Gasteiger partial charge is 0.393 e. The van der Waals surface area contributed by atoms with Crippen LogP contribution in [0.1, 0.15) is 33.5 Å². The minimum Gasteiger partial charge on any atom is -0.393 e. The van der Waals surface area contributed by atoms with E-state index in [1.54, 1.807) is 0 Å². The minimum atomic E-state index is 0.334. The molecule has 1 aromatic heterocycles.